The summed E-state index contributed by atoms with van der Waals surface area (Å²) >= 11 is 0. The number of carbonyl (C=O) groups is 8. The van der Waals surface area contributed by atoms with Crippen molar-refractivity contribution in [3.63, 3.8) is 0 Å². The average molecular weight is 691 g/mol. The second-order valence-electron chi connectivity index (χ2n) is 14.6. The fraction of sp³-hybridized carbons (Fsp3) is 0.733. The molecular weight excluding hydrogens is 632 g/mol. The molecule has 0 saturated carbocycles. The number of amides is 8. The van der Waals surface area contributed by atoms with Crippen molar-refractivity contribution in [2.24, 2.45) is 11.7 Å². The Morgan fingerprint density at radius 3 is 1.04 bits per heavy atom. The third kappa shape index (κ3) is 13.1. The van der Waals surface area contributed by atoms with Crippen LogP contribution in [0.2, 0.25) is 0 Å². The molecule has 0 aromatic heterocycles. The highest BCUT2D eigenvalue weighted by Gasteiger charge is 2.46. The third-order valence-electron chi connectivity index (χ3n) is 7.45. The van der Waals surface area contributed by atoms with E-state index in [1.54, 1.807) is 13.8 Å². The second kappa shape index (κ2) is 16.7. The van der Waals surface area contributed by atoms with Gasteiger partial charge < -0.3 is 53.9 Å². The van der Waals surface area contributed by atoms with Gasteiger partial charge in [-0.05, 0) is 82.1 Å². The summed E-state index contributed by atoms with van der Waals surface area (Å²) < 4.78 is 0. The zero-order chi connectivity index (χ0) is 36.9. The molecule has 0 aromatic carbocycles. The van der Waals surface area contributed by atoms with E-state index in [1.165, 1.54) is 83.1 Å². The summed E-state index contributed by atoms with van der Waals surface area (Å²) in [4.78, 5) is 101. The monoisotopic (exact) mass is 690 g/mol. The molecule has 1 atom stereocenters. The summed E-state index contributed by atoms with van der Waals surface area (Å²) in [7, 11) is 0. The van der Waals surface area contributed by atoms with Gasteiger partial charge in [-0.3, -0.25) is 38.4 Å². The van der Waals surface area contributed by atoms with Gasteiger partial charge >= 0.3 is 0 Å². The summed E-state index contributed by atoms with van der Waals surface area (Å²) in [5, 5.41) is 17.8. The number of rotatable bonds is 15. The molecule has 0 unspecified atom stereocenters. The molecule has 0 saturated heterocycles. The zero-order valence-electron chi connectivity index (χ0n) is 30.6. The predicted molar refractivity (Wildman–Crippen MR) is 178 cm³/mol. The first-order valence-electron chi connectivity index (χ1n) is 14.8. The van der Waals surface area contributed by atoms with Crippen molar-refractivity contribution >= 4 is 47.3 Å². The van der Waals surface area contributed by atoms with Gasteiger partial charge in [0.25, 0.3) is 0 Å². The van der Waals surface area contributed by atoms with Crippen molar-refractivity contribution in [3.8, 4) is 0 Å². The molecule has 8 amide bonds. The Morgan fingerprint density at radius 1 is 0.479 bits per heavy atom. The van der Waals surface area contributed by atoms with Crippen LogP contribution >= 0.6 is 0 Å². The van der Waals surface area contributed by atoms with Crippen molar-refractivity contribution < 1.29 is 49.3 Å². The Morgan fingerprint density at radius 2 is 0.750 bits per heavy atom. The van der Waals surface area contributed by atoms with Crippen LogP contribution < -0.4 is 43.0 Å². The van der Waals surface area contributed by atoms with Crippen LogP contribution in [-0.2, 0) is 38.4 Å². The van der Waals surface area contributed by atoms with E-state index >= 15 is 0 Å². The largest absolute Gasteiger partial charge is 0.412 e. The molecule has 18 nitrogen and oxygen atoms in total. The Kier molecular flexibility index (Phi) is 16.7. The molecule has 278 valence electrons. The van der Waals surface area contributed by atoms with Crippen molar-refractivity contribution in [2.75, 3.05) is 6.54 Å². The van der Waals surface area contributed by atoms with Gasteiger partial charge in [-0.2, -0.15) is 0 Å². The van der Waals surface area contributed by atoms with Gasteiger partial charge in [-0.1, -0.05) is 13.8 Å². The van der Waals surface area contributed by atoms with Crippen LogP contribution in [0.4, 0.5) is 0 Å². The van der Waals surface area contributed by atoms with Crippen molar-refractivity contribution in [3.05, 3.63) is 0 Å². The molecule has 0 heterocycles. The lowest BCUT2D eigenvalue weighted by atomic mass is 9.85. The number of hydrogen-bond acceptors (Lipinski definition) is 8. The van der Waals surface area contributed by atoms with Gasteiger partial charge in [0.15, 0.2) is 0 Å². The molecule has 0 aliphatic carbocycles. The van der Waals surface area contributed by atoms with E-state index in [1.807, 2.05) is 0 Å². The van der Waals surface area contributed by atoms with E-state index in [4.69, 9.17) is 5.73 Å². The number of carbonyl (C=O) groups excluding carboxylic acids is 8. The lowest BCUT2D eigenvalue weighted by Gasteiger charge is -2.40. The Hall–Kier alpha value is -4.32. The molecule has 13 N–H and O–H groups in total. The van der Waals surface area contributed by atoms with E-state index in [-0.39, 0.29) is 11.0 Å². The SMILES string of the molecule is CC(=O)NC(C)(C)C(=O)N[C@](C)(C(=O)NC(C)(C)C(=O)NC(C)(C)C(=O)NC(C)(C)C(=O)NC(C)(C)C(=O)NCC(N)=O)C(C)C.O.O. The fourth-order valence-electron chi connectivity index (χ4n) is 3.70. The van der Waals surface area contributed by atoms with Gasteiger partial charge in [0, 0.05) is 6.92 Å². The minimum atomic E-state index is -1.59. The fourth-order valence-corrected chi connectivity index (χ4v) is 3.70. The first kappa shape index (κ1) is 48.1. The van der Waals surface area contributed by atoms with Crippen LogP contribution in [0.15, 0.2) is 0 Å². The quantitative estimate of drug-likeness (QED) is 0.0871. The maximum atomic E-state index is 13.5. The number of primary amides is 1. The highest BCUT2D eigenvalue weighted by Crippen LogP contribution is 2.21. The molecule has 0 aliphatic heterocycles. The lowest BCUT2D eigenvalue weighted by Crippen LogP contribution is -2.70. The van der Waals surface area contributed by atoms with E-state index in [0.29, 0.717) is 0 Å². The smallest absolute Gasteiger partial charge is 0.246 e. The van der Waals surface area contributed by atoms with E-state index in [9.17, 15) is 38.4 Å². The summed E-state index contributed by atoms with van der Waals surface area (Å²) in [6.45, 7) is 20.0. The van der Waals surface area contributed by atoms with Crippen LogP contribution in [0.1, 0.15) is 96.9 Å². The Labute approximate surface area is 282 Å². The van der Waals surface area contributed by atoms with Crippen LogP contribution in [0.3, 0.4) is 0 Å². The third-order valence-corrected chi connectivity index (χ3v) is 7.45. The minimum Gasteiger partial charge on any atom is -0.412 e. The molecule has 0 aromatic rings. The summed E-state index contributed by atoms with van der Waals surface area (Å²) in [6.07, 6.45) is 0. The Bertz CT molecular complexity index is 1260. The highest BCUT2D eigenvalue weighted by atomic mass is 16.2. The number of nitrogens with two attached hydrogens (primary N) is 1. The molecule has 18 heteroatoms. The van der Waals surface area contributed by atoms with Crippen molar-refractivity contribution in [1.29, 1.82) is 0 Å². The standard InChI is InChI=1S/C30H54N8O8.2H2O/c1-16(2)30(14,38-23(45)26(6,7)33-17(3)39)24(46)37-29(12,13)22(44)36-28(10,11)21(43)35-27(8,9)20(42)34-25(4,5)19(41)32-15-18(31)40;;/h16H,15H2,1-14H3,(H2,31,40)(H,32,41)(H,33,39)(H,34,42)(H,35,43)(H,36,44)(H,37,46)(H,38,45);2*1H2/t30-;;/m0../s1. The summed E-state index contributed by atoms with van der Waals surface area (Å²) in [5.41, 5.74) is -4.00. The maximum Gasteiger partial charge on any atom is 0.246 e. The van der Waals surface area contributed by atoms with Gasteiger partial charge in [-0.15, -0.1) is 0 Å². The first-order valence-corrected chi connectivity index (χ1v) is 14.8. The first-order chi connectivity index (χ1) is 20.3. The zero-order valence-corrected chi connectivity index (χ0v) is 30.6. The minimum absolute atomic E-state index is 0. The van der Waals surface area contributed by atoms with Gasteiger partial charge in [0.2, 0.25) is 47.3 Å². The lowest BCUT2D eigenvalue weighted by molar-refractivity contribution is -0.143. The van der Waals surface area contributed by atoms with Crippen LogP contribution in [0.5, 0.6) is 0 Å². The van der Waals surface area contributed by atoms with Gasteiger partial charge in [0.1, 0.15) is 33.2 Å². The predicted octanol–water partition coefficient (Wildman–Crippen LogP) is -3.04. The molecular formula is C30H58N8O10. The summed E-state index contributed by atoms with van der Waals surface area (Å²) in [5.74, 6) is -5.85. The maximum absolute atomic E-state index is 13.5. The Balaban J connectivity index is -0.0000101. The molecule has 0 rings (SSSR count). The normalized spacial score (nSPS) is 13.2. The topological polar surface area (TPSA) is 310 Å². The van der Waals surface area contributed by atoms with Crippen LogP contribution in [-0.4, -0.2) is 98.0 Å². The van der Waals surface area contributed by atoms with Gasteiger partial charge in [0.05, 0.1) is 6.54 Å². The number of hydrogen-bond donors (Lipinski definition) is 8. The van der Waals surface area contributed by atoms with Crippen LogP contribution in [0.25, 0.3) is 0 Å². The molecule has 48 heavy (non-hydrogen) atoms. The van der Waals surface area contributed by atoms with E-state index in [0.717, 1.165) is 0 Å². The molecule has 0 spiro atoms. The van der Waals surface area contributed by atoms with E-state index in [2.05, 4.69) is 37.2 Å². The van der Waals surface area contributed by atoms with Gasteiger partial charge in [-0.25, -0.2) is 0 Å². The molecule has 0 fully saturated rings. The van der Waals surface area contributed by atoms with Crippen molar-refractivity contribution in [1.82, 2.24) is 37.2 Å². The van der Waals surface area contributed by atoms with Crippen LogP contribution in [0, 0.1) is 5.92 Å². The average Bonchev–Trinajstić information content (AvgIpc) is 2.84. The second-order valence-corrected chi connectivity index (χ2v) is 14.6. The number of nitrogens with one attached hydrogen (secondary N) is 7. The van der Waals surface area contributed by atoms with Crippen molar-refractivity contribution in [2.45, 2.75) is 130 Å². The highest BCUT2D eigenvalue weighted by molar-refractivity contribution is 6.01. The molecule has 0 aliphatic rings. The molecule has 0 bridgehead atoms. The van der Waals surface area contributed by atoms with E-state index < -0.39 is 93.0 Å². The molecule has 0 radical (unpaired) electrons. The summed E-state index contributed by atoms with van der Waals surface area (Å²) in [6, 6.07) is 0.